The van der Waals surface area contributed by atoms with Crippen molar-refractivity contribution in [2.24, 2.45) is 5.92 Å². The highest BCUT2D eigenvalue weighted by Gasteiger charge is 1.96. The van der Waals surface area contributed by atoms with Crippen LogP contribution in [0.1, 0.15) is 27.7 Å². The number of carbonyl (C=O) groups is 1. The lowest BCUT2D eigenvalue weighted by Gasteiger charge is -2.06. The van der Waals surface area contributed by atoms with Gasteiger partial charge in [-0.15, -0.1) is 0 Å². The molecule has 0 spiro atoms. The fourth-order valence-electron chi connectivity index (χ4n) is 0.506. The first-order valence-electron chi connectivity index (χ1n) is 5.86. The van der Waals surface area contributed by atoms with E-state index in [-0.39, 0.29) is 0 Å². The smallest absolute Gasteiger partial charge is 0.403 e. The van der Waals surface area contributed by atoms with Gasteiger partial charge in [-0.3, -0.25) is 0 Å². The van der Waals surface area contributed by atoms with E-state index in [0.717, 1.165) is 13.2 Å². The van der Waals surface area contributed by atoms with Crippen molar-refractivity contribution in [2.75, 3.05) is 41.0 Å². The average Bonchev–Trinajstić information content (AvgIpc) is 2.27. The third-order valence-electron chi connectivity index (χ3n) is 1.27. The van der Waals surface area contributed by atoms with E-state index in [9.17, 15) is 4.79 Å². The molecule has 0 saturated heterocycles. The first-order chi connectivity index (χ1) is 7.90. The molecule has 0 aliphatic carbocycles. The summed E-state index contributed by atoms with van der Waals surface area (Å²) in [6.07, 6.45) is 0. The second-order valence-corrected chi connectivity index (χ2v) is 4.05. The molecule has 0 atom stereocenters. The molecule has 0 aliphatic heterocycles. The maximum absolute atomic E-state index is 9.89. The summed E-state index contributed by atoms with van der Waals surface area (Å²) in [5.74, 6) is 0.359. The van der Waals surface area contributed by atoms with Crippen molar-refractivity contribution in [3.8, 4) is 0 Å². The zero-order chi connectivity index (χ0) is 14.3. The van der Waals surface area contributed by atoms with Crippen molar-refractivity contribution in [3.05, 3.63) is 0 Å². The van der Waals surface area contributed by atoms with Gasteiger partial charge in [0.15, 0.2) is 0 Å². The SMILES string of the molecule is CC.CC(C)COC(=O)Cl.COCCN(C)C. The predicted octanol–water partition coefficient (Wildman–Crippen LogP) is 3.24. The maximum atomic E-state index is 9.89. The number of nitrogens with zero attached hydrogens (tertiary/aromatic N) is 1. The molecule has 4 nitrogen and oxygen atoms in total. The minimum atomic E-state index is -0.723. The molecular formula is C12H28ClNO3. The average molecular weight is 270 g/mol. The number of hydrogen-bond acceptors (Lipinski definition) is 4. The lowest BCUT2D eigenvalue weighted by Crippen LogP contribution is -2.16. The highest BCUT2D eigenvalue weighted by atomic mass is 35.5. The van der Waals surface area contributed by atoms with Crippen LogP contribution in [0.15, 0.2) is 0 Å². The Morgan fingerprint density at radius 3 is 1.88 bits per heavy atom. The number of rotatable bonds is 5. The Bertz CT molecular complexity index is 153. The number of halogens is 1. The van der Waals surface area contributed by atoms with E-state index in [1.54, 1.807) is 7.11 Å². The Balaban J connectivity index is -0.000000202. The molecule has 0 radical (unpaired) electrons. The Hall–Kier alpha value is -0.320. The van der Waals surface area contributed by atoms with Crippen LogP contribution in [0.2, 0.25) is 0 Å². The lowest BCUT2D eigenvalue weighted by molar-refractivity contribution is 0.159. The molecular weight excluding hydrogens is 242 g/mol. The number of methoxy groups -OCH3 is 1. The van der Waals surface area contributed by atoms with Crippen molar-refractivity contribution in [2.45, 2.75) is 27.7 Å². The summed E-state index contributed by atoms with van der Waals surface area (Å²) in [5, 5.41) is 0. The molecule has 0 bridgehead atoms. The molecule has 0 fully saturated rings. The van der Waals surface area contributed by atoms with Crippen LogP contribution in [0, 0.1) is 5.92 Å². The van der Waals surface area contributed by atoms with Crippen molar-refractivity contribution in [1.82, 2.24) is 4.90 Å². The summed E-state index contributed by atoms with van der Waals surface area (Å²) in [7, 11) is 5.77. The van der Waals surface area contributed by atoms with E-state index in [1.165, 1.54) is 0 Å². The molecule has 0 amide bonds. The van der Waals surface area contributed by atoms with Crippen molar-refractivity contribution >= 4 is 17.0 Å². The topological polar surface area (TPSA) is 38.8 Å². The molecule has 0 aromatic heterocycles. The Morgan fingerprint density at radius 2 is 1.76 bits per heavy atom. The van der Waals surface area contributed by atoms with Gasteiger partial charge in [-0.1, -0.05) is 27.7 Å². The predicted molar refractivity (Wildman–Crippen MR) is 73.8 cm³/mol. The zero-order valence-electron chi connectivity index (χ0n) is 12.2. The third-order valence-corrected chi connectivity index (χ3v) is 1.38. The van der Waals surface area contributed by atoms with Crippen LogP contribution in [0.4, 0.5) is 4.79 Å². The van der Waals surface area contributed by atoms with E-state index >= 15 is 0 Å². The Labute approximate surface area is 111 Å². The van der Waals surface area contributed by atoms with Gasteiger partial charge in [0.1, 0.15) is 0 Å². The van der Waals surface area contributed by atoms with Crippen LogP contribution >= 0.6 is 11.6 Å². The van der Waals surface area contributed by atoms with Gasteiger partial charge in [-0.2, -0.15) is 0 Å². The highest BCUT2D eigenvalue weighted by Crippen LogP contribution is 1.94. The second-order valence-electron chi connectivity index (χ2n) is 3.74. The van der Waals surface area contributed by atoms with E-state index in [2.05, 4.69) is 9.64 Å². The molecule has 17 heavy (non-hydrogen) atoms. The van der Waals surface area contributed by atoms with Crippen LogP contribution in [0.3, 0.4) is 0 Å². The van der Waals surface area contributed by atoms with Gasteiger partial charge in [0.25, 0.3) is 0 Å². The quantitative estimate of drug-likeness (QED) is 0.719. The molecule has 5 heteroatoms. The summed E-state index contributed by atoms with van der Waals surface area (Å²) in [6, 6.07) is 0. The lowest BCUT2D eigenvalue weighted by atomic mass is 10.2. The Morgan fingerprint density at radius 1 is 1.29 bits per heavy atom. The number of likely N-dealkylation sites (N-methyl/N-ethyl adjacent to an activating group) is 1. The van der Waals surface area contributed by atoms with Crippen LogP contribution in [-0.4, -0.2) is 51.3 Å². The van der Waals surface area contributed by atoms with E-state index in [0.29, 0.717) is 12.5 Å². The van der Waals surface area contributed by atoms with Crippen LogP contribution in [0.25, 0.3) is 0 Å². The molecule has 0 unspecified atom stereocenters. The third kappa shape index (κ3) is 38.9. The van der Waals surface area contributed by atoms with E-state index in [4.69, 9.17) is 16.3 Å². The maximum Gasteiger partial charge on any atom is 0.403 e. The summed E-state index contributed by atoms with van der Waals surface area (Å²) in [5.41, 5.74) is -0.723. The van der Waals surface area contributed by atoms with E-state index in [1.807, 2.05) is 41.8 Å². The number of carbonyl (C=O) groups excluding carboxylic acids is 1. The van der Waals surface area contributed by atoms with Crippen LogP contribution in [-0.2, 0) is 9.47 Å². The largest absolute Gasteiger partial charge is 0.453 e. The van der Waals surface area contributed by atoms with Crippen LogP contribution < -0.4 is 0 Å². The van der Waals surface area contributed by atoms with Crippen molar-refractivity contribution in [1.29, 1.82) is 0 Å². The van der Waals surface area contributed by atoms with Crippen molar-refractivity contribution < 1.29 is 14.3 Å². The summed E-state index contributed by atoms with van der Waals surface area (Å²) in [6.45, 7) is 10.1. The summed E-state index contributed by atoms with van der Waals surface area (Å²) in [4.78, 5) is 12.0. The van der Waals surface area contributed by atoms with Gasteiger partial charge in [-0.25, -0.2) is 4.79 Å². The molecule has 0 aromatic carbocycles. The van der Waals surface area contributed by atoms with Crippen molar-refractivity contribution in [3.63, 3.8) is 0 Å². The molecule has 0 rings (SSSR count). The first kappa shape index (κ1) is 21.9. The first-order valence-corrected chi connectivity index (χ1v) is 6.23. The number of hydrogen-bond donors (Lipinski definition) is 0. The van der Waals surface area contributed by atoms with Crippen LogP contribution in [0.5, 0.6) is 0 Å². The minimum Gasteiger partial charge on any atom is -0.453 e. The van der Waals surface area contributed by atoms with Gasteiger partial charge < -0.3 is 14.4 Å². The zero-order valence-corrected chi connectivity index (χ0v) is 13.0. The molecule has 106 valence electrons. The van der Waals surface area contributed by atoms with Gasteiger partial charge >= 0.3 is 5.43 Å². The molecule has 0 aliphatic rings. The molecule has 0 heterocycles. The molecule has 0 aromatic rings. The van der Waals surface area contributed by atoms with Gasteiger partial charge in [0, 0.05) is 25.3 Å². The summed E-state index contributed by atoms with van der Waals surface area (Å²) >= 11 is 4.86. The van der Waals surface area contributed by atoms with E-state index < -0.39 is 5.43 Å². The normalized spacial score (nSPS) is 9.06. The minimum absolute atomic E-state index is 0.359. The summed E-state index contributed by atoms with van der Waals surface area (Å²) < 4.78 is 9.24. The van der Waals surface area contributed by atoms with Gasteiger partial charge in [0.05, 0.1) is 13.2 Å². The fourth-order valence-corrected chi connectivity index (χ4v) is 0.569. The Kier molecular flexibility index (Phi) is 23.3. The monoisotopic (exact) mass is 269 g/mol. The molecule has 0 N–H and O–H groups in total. The highest BCUT2D eigenvalue weighted by molar-refractivity contribution is 6.61. The van der Waals surface area contributed by atoms with Gasteiger partial charge in [-0.05, 0) is 20.0 Å². The fraction of sp³-hybridized carbons (Fsp3) is 0.917. The second kappa shape index (κ2) is 18.1. The standard InChI is InChI=1S/C5H9ClO2.C5H13NO.C2H6/c1-4(2)3-8-5(6)7;1-6(2)4-5-7-3;1-2/h4H,3H2,1-2H3;4-5H2,1-3H3;1-2H3. The van der Waals surface area contributed by atoms with Gasteiger partial charge in [0.2, 0.25) is 0 Å². The number of ether oxygens (including phenoxy) is 2. The molecule has 0 saturated carbocycles.